The zero-order valence-electron chi connectivity index (χ0n) is 10.9. The van der Waals surface area contributed by atoms with E-state index in [2.05, 4.69) is 0 Å². The van der Waals surface area contributed by atoms with E-state index in [0.717, 1.165) is 17.8 Å². The molecule has 0 fully saturated rings. The minimum atomic E-state index is -4.18. The molecule has 18 heavy (non-hydrogen) atoms. The van der Waals surface area contributed by atoms with Crippen LogP contribution >= 0.6 is 10.8 Å². The predicted octanol–water partition coefficient (Wildman–Crippen LogP) is -0.981. The molecule has 4 nitrogen and oxygen atoms in total. The number of hydrogen-bond donors (Lipinski definition) is 0. The smallest absolute Gasteiger partial charge is 0.739 e. The van der Waals surface area contributed by atoms with Crippen LogP contribution in [0.5, 0.6) is 0 Å². The van der Waals surface area contributed by atoms with E-state index in [4.69, 9.17) is 0 Å². The van der Waals surface area contributed by atoms with Gasteiger partial charge in [-0.3, -0.25) is 0 Å². The standard InChI is InChI=1S/C11H17NO3S2.Na/c1-3-12(7-8-16-17(13,14)15)11-6-4-5-10(2)9-11;/h4-6,9H,3,7-8H2,1-2H3,(H,13,14,15);/q;+1/p-1. The Kier molecular flexibility index (Phi) is 8.58. The molecular formula is C11H16NNaO3S2. The minimum absolute atomic E-state index is 0. The van der Waals surface area contributed by atoms with E-state index in [0.29, 0.717) is 17.3 Å². The molecule has 1 rings (SSSR count). The van der Waals surface area contributed by atoms with Gasteiger partial charge in [-0.2, -0.15) is 0 Å². The molecular weight excluding hydrogens is 281 g/mol. The van der Waals surface area contributed by atoms with Gasteiger partial charge >= 0.3 is 29.6 Å². The number of benzene rings is 1. The summed E-state index contributed by atoms with van der Waals surface area (Å²) in [5.74, 6) is 0.285. The number of rotatable bonds is 6. The van der Waals surface area contributed by atoms with Gasteiger partial charge in [-0.15, -0.1) is 0 Å². The van der Waals surface area contributed by atoms with E-state index in [-0.39, 0.29) is 35.3 Å². The van der Waals surface area contributed by atoms with Gasteiger partial charge in [0, 0.05) is 24.5 Å². The summed E-state index contributed by atoms with van der Waals surface area (Å²) in [6.07, 6.45) is 0. The summed E-state index contributed by atoms with van der Waals surface area (Å²) in [6.45, 7) is 5.34. The SMILES string of the molecule is CCN(CCSS(=O)(=O)[O-])c1cccc(C)c1.[Na+]. The molecule has 0 unspecified atom stereocenters. The van der Waals surface area contributed by atoms with Gasteiger partial charge in [-0.05, 0) is 42.3 Å². The molecule has 1 aromatic rings. The molecule has 0 amide bonds. The maximum absolute atomic E-state index is 10.5. The third-order valence-electron chi connectivity index (χ3n) is 2.34. The summed E-state index contributed by atoms with van der Waals surface area (Å²) < 4.78 is 31.4. The Labute approximate surface area is 135 Å². The van der Waals surface area contributed by atoms with Crippen LogP contribution in [0.2, 0.25) is 0 Å². The topological polar surface area (TPSA) is 60.4 Å². The maximum atomic E-state index is 10.5. The Bertz CT molecular complexity index is 465. The molecule has 0 aliphatic heterocycles. The second kappa shape index (κ2) is 8.45. The van der Waals surface area contributed by atoms with Crippen molar-refractivity contribution < 1.29 is 42.5 Å². The van der Waals surface area contributed by atoms with Crippen molar-refractivity contribution in [2.45, 2.75) is 13.8 Å². The summed E-state index contributed by atoms with van der Waals surface area (Å²) in [5, 5.41) is 0. The van der Waals surface area contributed by atoms with Gasteiger partial charge in [0.15, 0.2) is 0 Å². The maximum Gasteiger partial charge on any atom is 1.00 e. The molecule has 0 aromatic heterocycles. The van der Waals surface area contributed by atoms with Crippen molar-refractivity contribution in [1.82, 2.24) is 0 Å². The molecule has 0 aliphatic rings. The van der Waals surface area contributed by atoms with Gasteiger partial charge < -0.3 is 9.45 Å². The van der Waals surface area contributed by atoms with Crippen molar-refractivity contribution in [1.29, 1.82) is 0 Å². The summed E-state index contributed by atoms with van der Waals surface area (Å²) in [5.41, 5.74) is 2.21. The normalized spacial score (nSPS) is 10.8. The largest absolute Gasteiger partial charge is 1.00 e. The second-order valence-corrected chi connectivity index (χ2v) is 7.04. The summed E-state index contributed by atoms with van der Waals surface area (Å²) in [7, 11) is -3.73. The van der Waals surface area contributed by atoms with E-state index in [1.165, 1.54) is 0 Å². The van der Waals surface area contributed by atoms with Crippen LogP contribution in [-0.4, -0.2) is 31.8 Å². The van der Waals surface area contributed by atoms with Crippen LogP contribution in [0, 0.1) is 6.92 Å². The summed E-state index contributed by atoms with van der Waals surface area (Å²) in [6, 6.07) is 7.99. The Balaban J connectivity index is 0.00000289. The van der Waals surface area contributed by atoms with Gasteiger partial charge in [0.25, 0.3) is 0 Å². The Hall–Kier alpha value is 0.280. The van der Waals surface area contributed by atoms with Crippen molar-refractivity contribution in [2.75, 3.05) is 23.7 Å². The van der Waals surface area contributed by atoms with Crippen molar-refractivity contribution in [3.63, 3.8) is 0 Å². The Morgan fingerprint density at radius 2 is 2.06 bits per heavy atom. The van der Waals surface area contributed by atoms with E-state index < -0.39 is 9.15 Å². The molecule has 0 bridgehead atoms. The average molecular weight is 297 g/mol. The second-order valence-electron chi connectivity index (χ2n) is 3.65. The number of aryl methyl sites for hydroxylation is 1. The van der Waals surface area contributed by atoms with E-state index in [1.54, 1.807) is 0 Å². The fourth-order valence-electron chi connectivity index (χ4n) is 1.54. The van der Waals surface area contributed by atoms with Crippen LogP contribution in [0.3, 0.4) is 0 Å². The van der Waals surface area contributed by atoms with E-state index in [1.807, 2.05) is 43.0 Å². The molecule has 0 heterocycles. The van der Waals surface area contributed by atoms with Crippen LogP contribution < -0.4 is 34.5 Å². The van der Waals surface area contributed by atoms with Gasteiger partial charge in [0.1, 0.15) is 9.15 Å². The average Bonchev–Trinajstić information content (AvgIpc) is 2.23. The monoisotopic (exact) mass is 297 g/mol. The van der Waals surface area contributed by atoms with Gasteiger partial charge in [0.05, 0.1) is 0 Å². The van der Waals surface area contributed by atoms with E-state index in [9.17, 15) is 13.0 Å². The van der Waals surface area contributed by atoms with Crippen molar-refractivity contribution in [3.8, 4) is 0 Å². The molecule has 0 spiro atoms. The van der Waals surface area contributed by atoms with Crippen LogP contribution in [0.1, 0.15) is 12.5 Å². The first-order valence-corrected chi connectivity index (χ1v) is 8.25. The number of hydrogen-bond acceptors (Lipinski definition) is 5. The third-order valence-corrected chi connectivity index (χ3v) is 4.34. The molecule has 0 saturated heterocycles. The minimum Gasteiger partial charge on any atom is -0.739 e. The van der Waals surface area contributed by atoms with Gasteiger partial charge in [0.2, 0.25) is 0 Å². The van der Waals surface area contributed by atoms with Crippen molar-refractivity contribution in [3.05, 3.63) is 29.8 Å². The molecule has 7 heteroatoms. The third kappa shape index (κ3) is 7.01. The molecule has 1 aromatic carbocycles. The molecule has 0 atom stereocenters. The van der Waals surface area contributed by atoms with Crippen LogP contribution in [0.15, 0.2) is 24.3 Å². The quantitative estimate of drug-likeness (QED) is 0.384. The van der Waals surface area contributed by atoms with Crippen molar-refractivity contribution in [2.24, 2.45) is 0 Å². The summed E-state index contributed by atoms with van der Waals surface area (Å²) in [4.78, 5) is 2.05. The van der Waals surface area contributed by atoms with Crippen LogP contribution in [0.4, 0.5) is 5.69 Å². The zero-order valence-corrected chi connectivity index (χ0v) is 14.6. The van der Waals surface area contributed by atoms with Gasteiger partial charge in [-0.1, -0.05) is 12.1 Å². The first-order valence-electron chi connectivity index (χ1n) is 5.34. The number of nitrogens with zero attached hydrogens (tertiary/aromatic N) is 1. The van der Waals surface area contributed by atoms with Gasteiger partial charge in [-0.25, -0.2) is 8.42 Å². The van der Waals surface area contributed by atoms with Crippen molar-refractivity contribution >= 4 is 25.6 Å². The predicted molar refractivity (Wildman–Crippen MR) is 71.2 cm³/mol. The molecule has 0 N–H and O–H groups in total. The zero-order chi connectivity index (χ0) is 12.9. The van der Waals surface area contributed by atoms with Crippen LogP contribution in [0.25, 0.3) is 0 Å². The first kappa shape index (κ1) is 18.3. The Morgan fingerprint density at radius 3 is 2.56 bits per heavy atom. The van der Waals surface area contributed by atoms with E-state index >= 15 is 0 Å². The van der Waals surface area contributed by atoms with Crippen LogP contribution in [-0.2, 0) is 9.15 Å². The fraction of sp³-hybridized carbons (Fsp3) is 0.455. The molecule has 96 valence electrons. The fourth-order valence-corrected chi connectivity index (χ4v) is 2.88. The molecule has 0 aliphatic carbocycles. The Morgan fingerprint density at radius 1 is 1.39 bits per heavy atom. The molecule has 0 radical (unpaired) electrons. The number of anilines is 1. The molecule has 0 saturated carbocycles. The first-order chi connectivity index (χ1) is 7.92. The summed E-state index contributed by atoms with van der Waals surface area (Å²) >= 11 is 0.